The molecule has 3 aromatic rings. The minimum absolute atomic E-state index is 0. The van der Waals surface area contributed by atoms with Gasteiger partial charge in [0.1, 0.15) is 8.07 Å². The molecule has 2 atom stereocenters. The van der Waals surface area contributed by atoms with Gasteiger partial charge in [-0.3, -0.25) is 6.08 Å². The van der Waals surface area contributed by atoms with Gasteiger partial charge in [-0.05, 0) is 59.9 Å². The molecule has 4 rings (SSSR count). The van der Waals surface area contributed by atoms with Gasteiger partial charge in [-0.2, -0.15) is 11.1 Å². The molecular weight excluding hydrogens is 619 g/mol. The van der Waals surface area contributed by atoms with Crippen LogP contribution in [0.3, 0.4) is 0 Å². The van der Waals surface area contributed by atoms with E-state index in [2.05, 4.69) is 142 Å². The van der Waals surface area contributed by atoms with Crippen LogP contribution in [0.2, 0.25) is 24.7 Å². The van der Waals surface area contributed by atoms with E-state index in [1.807, 2.05) is 0 Å². The van der Waals surface area contributed by atoms with Crippen molar-refractivity contribution in [1.82, 2.24) is 0 Å². The van der Waals surface area contributed by atoms with Crippen molar-refractivity contribution >= 4 is 36.9 Å². The van der Waals surface area contributed by atoms with Crippen molar-refractivity contribution in [3.05, 3.63) is 106 Å². The maximum Gasteiger partial charge on any atom is 4.00 e. The maximum atomic E-state index is 4.11. The van der Waals surface area contributed by atoms with Gasteiger partial charge < -0.3 is 37.2 Å². The Morgan fingerprint density at radius 3 is 1.55 bits per heavy atom. The molecule has 0 nitrogen and oxygen atoms in total. The minimum atomic E-state index is -2.66. The molecule has 0 aromatic heterocycles. The summed E-state index contributed by atoms with van der Waals surface area (Å²) in [6.07, 6.45) is 4.11. The van der Waals surface area contributed by atoms with Gasteiger partial charge in [-0.1, -0.05) is 117 Å². The second-order valence-corrected chi connectivity index (χ2v) is 21.6. The molecule has 0 radical (unpaired) electrons. The zero-order chi connectivity index (χ0) is 26.6. The summed E-state index contributed by atoms with van der Waals surface area (Å²) in [4.78, 5) is 0. The quantitative estimate of drug-likeness (QED) is 0.166. The van der Waals surface area contributed by atoms with Crippen molar-refractivity contribution in [2.75, 3.05) is 0 Å². The largest absolute Gasteiger partial charge is 4.00 e. The van der Waals surface area contributed by atoms with E-state index < -0.39 is 16.1 Å². The van der Waals surface area contributed by atoms with E-state index in [9.17, 15) is 0 Å². The van der Waals surface area contributed by atoms with Crippen molar-refractivity contribution in [2.45, 2.75) is 80.1 Å². The smallest absolute Gasteiger partial charge is 1.00 e. The van der Waals surface area contributed by atoms with E-state index in [1.165, 1.54) is 54.5 Å². The van der Waals surface area contributed by atoms with E-state index in [0.717, 1.165) is 0 Å². The predicted octanol–water partition coefficient (Wildman–Crippen LogP) is -2.20. The number of rotatable bonds is 5. The van der Waals surface area contributed by atoms with Crippen LogP contribution in [-0.4, -0.2) is 16.1 Å². The molecule has 3 aromatic carbocycles. The van der Waals surface area contributed by atoms with E-state index in [-0.39, 0.29) is 64.0 Å². The average molecular weight is 662 g/mol. The second kappa shape index (κ2) is 14.1. The van der Waals surface area contributed by atoms with Crippen molar-refractivity contribution in [2.24, 2.45) is 0 Å². The SMILES string of the molecule is CC1=[C-]C(C)([Si](c2ccccc2)(c2cc(C)cc([Si](C)(C)C)c2)c2cc(C)c(C)c(C)c2)C(C)=C1C.[Cl-].[Cl-].[Cl-].[Ti+4]. The Kier molecular flexibility index (Phi) is 13.8. The molecule has 0 aliphatic heterocycles. The molecule has 0 fully saturated rings. The Hall–Kier alpha value is -0.842. The Morgan fingerprint density at radius 2 is 1.10 bits per heavy atom. The van der Waals surface area contributed by atoms with Crippen LogP contribution in [-0.2, 0) is 21.7 Å². The van der Waals surface area contributed by atoms with Crippen LogP contribution in [0, 0.1) is 33.8 Å². The van der Waals surface area contributed by atoms with Gasteiger partial charge in [0, 0.05) is 0 Å². The zero-order valence-corrected chi connectivity index (χ0v) is 31.7. The van der Waals surface area contributed by atoms with E-state index in [4.69, 9.17) is 0 Å². The van der Waals surface area contributed by atoms with Gasteiger partial charge in [-0.15, -0.1) is 6.92 Å². The van der Waals surface area contributed by atoms with Crippen molar-refractivity contribution < 1.29 is 58.9 Å². The Balaban J connectivity index is 0.00000380. The minimum Gasteiger partial charge on any atom is -1.00 e. The summed E-state index contributed by atoms with van der Waals surface area (Å²) < 4.78 is 0. The molecule has 1 aliphatic carbocycles. The zero-order valence-electron chi connectivity index (χ0n) is 25.9. The van der Waals surface area contributed by atoms with Crippen molar-refractivity contribution in [1.29, 1.82) is 0 Å². The van der Waals surface area contributed by atoms with Gasteiger partial charge in [-0.25, -0.2) is 5.57 Å². The number of hydrogen-bond donors (Lipinski definition) is 0. The molecule has 0 heterocycles. The summed E-state index contributed by atoms with van der Waals surface area (Å²) in [5, 5.41) is 5.84. The van der Waals surface area contributed by atoms with Crippen LogP contribution >= 0.6 is 0 Å². The van der Waals surface area contributed by atoms with Crippen LogP contribution in [0.15, 0.2) is 77.4 Å². The first-order valence-corrected chi connectivity index (χ1v) is 18.8. The molecule has 0 saturated carbocycles. The fourth-order valence-corrected chi connectivity index (χ4v) is 14.0. The summed E-state index contributed by atoms with van der Waals surface area (Å²) in [5.41, 5.74) is 9.73. The number of halogens is 3. The van der Waals surface area contributed by atoms with Crippen molar-refractivity contribution in [3.8, 4) is 0 Å². The molecule has 0 N–H and O–H groups in total. The molecule has 0 saturated heterocycles. The van der Waals surface area contributed by atoms with E-state index >= 15 is 0 Å². The third kappa shape index (κ3) is 6.40. The topological polar surface area (TPSA) is 0 Å². The first-order valence-electron chi connectivity index (χ1n) is 13.3. The number of benzene rings is 3. The van der Waals surface area contributed by atoms with E-state index in [1.54, 1.807) is 5.19 Å². The van der Waals surface area contributed by atoms with E-state index in [0.29, 0.717) is 0 Å². The molecule has 0 spiro atoms. The van der Waals surface area contributed by atoms with Crippen LogP contribution in [0.5, 0.6) is 0 Å². The van der Waals surface area contributed by atoms with Crippen molar-refractivity contribution in [3.63, 3.8) is 0 Å². The average Bonchev–Trinajstić information content (AvgIpc) is 3.00. The molecule has 0 bridgehead atoms. The molecule has 0 amide bonds. The van der Waals surface area contributed by atoms with Gasteiger partial charge in [0.05, 0.1) is 8.07 Å². The van der Waals surface area contributed by atoms with Gasteiger partial charge in [0.2, 0.25) is 0 Å². The van der Waals surface area contributed by atoms with Crippen LogP contribution in [0.1, 0.15) is 49.9 Å². The molecule has 6 heteroatoms. The number of allylic oxidation sites excluding steroid dienone is 4. The summed E-state index contributed by atoms with van der Waals surface area (Å²) in [5.74, 6) is 0. The fraction of sp³-hybridized carbons (Fsp3) is 0.353. The van der Waals surface area contributed by atoms with Gasteiger partial charge in [0.15, 0.2) is 0 Å². The van der Waals surface area contributed by atoms with Crippen LogP contribution in [0.25, 0.3) is 0 Å². The Bertz CT molecular complexity index is 1380. The Morgan fingerprint density at radius 1 is 0.625 bits per heavy atom. The van der Waals surface area contributed by atoms with Gasteiger partial charge in [0.25, 0.3) is 0 Å². The number of aryl methyl sites for hydroxylation is 3. The Labute approximate surface area is 279 Å². The second-order valence-electron chi connectivity index (χ2n) is 12.3. The molecule has 2 unspecified atom stereocenters. The summed E-state index contributed by atoms with van der Waals surface area (Å²) >= 11 is 0. The van der Waals surface area contributed by atoms with Crippen LogP contribution < -0.4 is 58.0 Å². The number of hydrogen-bond acceptors (Lipinski definition) is 0. The standard InChI is InChI=1S/C34H43Si2.3ClH.Ti/c1-23-17-31(35(9,10)11)21-32(18-23)36(30-15-13-12-14-16-30,33-19-24(2)27(5)25(3)20-33)34(8)22-26(4)28(6)29(34)7;;;;/h12-21H,1-11H3;3*1H;/q-1;;;;+4/p-3. The monoisotopic (exact) mass is 660 g/mol. The first kappa shape index (κ1) is 39.2. The summed E-state index contributed by atoms with van der Waals surface area (Å²) in [6, 6.07) is 24.0. The molecule has 212 valence electrons. The third-order valence-corrected chi connectivity index (χ3v) is 16.5. The van der Waals surface area contributed by atoms with Gasteiger partial charge >= 0.3 is 21.7 Å². The maximum absolute atomic E-state index is 4.11. The predicted molar refractivity (Wildman–Crippen MR) is 165 cm³/mol. The van der Waals surface area contributed by atoms with Crippen LogP contribution in [0.4, 0.5) is 0 Å². The third-order valence-electron chi connectivity index (χ3n) is 9.01. The normalized spacial score (nSPS) is 17.9. The first-order chi connectivity index (χ1) is 16.7. The molecular formula is C34H43Cl3Si2Ti. The fourth-order valence-electron chi connectivity index (χ4n) is 6.33. The molecule has 40 heavy (non-hydrogen) atoms. The molecule has 1 aliphatic rings. The summed E-state index contributed by atoms with van der Waals surface area (Å²) in [6.45, 7) is 25.9. The summed E-state index contributed by atoms with van der Waals surface area (Å²) in [7, 11) is -4.19.